The van der Waals surface area contributed by atoms with Crippen molar-refractivity contribution >= 4 is 5.65 Å². The van der Waals surface area contributed by atoms with Crippen molar-refractivity contribution in [3.8, 4) is 0 Å². The second kappa shape index (κ2) is 5.09. The number of nitrogens with one attached hydrogen (secondary N) is 1. The van der Waals surface area contributed by atoms with Crippen LogP contribution >= 0.6 is 0 Å². The van der Waals surface area contributed by atoms with Gasteiger partial charge in [-0.15, -0.1) is 0 Å². The van der Waals surface area contributed by atoms with Gasteiger partial charge in [-0.05, 0) is 38.6 Å². The van der Waals surface area contributed by atoms with Crippen molar-refractivity contribution in [1.82, 2.24) is 14.7 Å². The average molecular weight is 218 g/mol. The number of pyridine rings is 1. The minimum absolute atomic E-state index is 0.735. The first-order valence-corrected chi connectivity index (χ1v) is 5.66. The Morgan fingerprint density at radius 2 is 2.31 bits per heavy atom. The van der Waals surface area contributed by atoms with Crippen LogP contribution in [0, 0.1) is 6.92 Å². The summed E-state index contributed by atoms with van der Waals surface area (Å²) in [5.74, 6) is 0. The van der Waals surface area contributed by atoms with Crippen molar-refractivity contribution < 1.29 is 0 Å². The molecule has 2 aromatic heterocycles. The first-order valence-electron chi connectivity index (χ1n) is 5.66. The van der Waals surface area contributed by atoms with E-state index in [-0.39, 0.29) is 0 Å². The van der Waals surface area contributed by atoms with E-state index in [1.807, 2.05) is 25.1 Å². The lowest BCUT2D eigenvalue weighted by Crippen LogP contribution is -2.19. The molecule has 2 rings (SSSR count). The third-order valence-corrected chi connectivity index (χ3v) is 2.68. The van der Waals surface area contributed by atoms with Crippen LogP contribution in [0.25, 0.3) is 5.65 Å². The molecule has 4 nitrogen and oxygen atoms in total. The second-order valence-electron chi connectivity index (χ2n) is 3.89. The van der Waals surface area contributed by atoms with Gasteiger partial charge in [0.15, 0.2) is 0 Å². The Bertz CT molecular complexity index is 461. The zero-order chi connectivity index (χ0) is 11.4. The molecule has 4 heteroatoms. The predicted octanol–water partition coefficient (Wildman–Crippen LogP) is 1.08. The summed E-state index contributed by atoms with van der Waals surface area (Å²) in [5, 5.41) is 3.38. The number of nitrogens with zero attached hydrogens (tertiary/aromatic N) is 2. The fourth-order valence-corrected chi connectivity index (χ4v) is 1.81. The number of fused-ring (bicyclic) bond motifs is 1. The number of aryl methyl sites for hydroxylation is 1. The molecule has 0 saturated carbocycles. The van der Waals surface area contributed by atoms with Crippen LogP contribution in [0.2, 0.25) is 0 Å². The second-order valence-corrected chi connectivity index (χ2v) is 3.89. The maximum atomic E-state index is 5.45. The summed E-state index contributed by atoms with van der Waals surface area (Å²) in [6, 6.07) is 6.06. The molecule has 0 saturated heterocycles. The highest BCUT2D eigenvalue weighted by Gasteiger charge is 2.06. The summed E-state index contributed by atoms with van der Waals surface area (Å²) >= 11 is 0. The molecular weight excluding hydrogens is 200 g/mol. The summed E-state index contributed by atoms with van der Waals surface area (Å²) in [5.41, 5.74) is 8.78. The maximum absolute atomic E-state index is 5.45. The fourth-order valence-electron chi connectivity index (χ4n) is 1.81. The van der Waals surface area contributed by atoms with Gasteiger partial charge in [0.05, 0.1) is 11.4 Å². The molecule has 0 bridgehead atoms. The average Bonchev–Trinajstić information content (AvgIpc) is 2.61. The molecule has 0 fully saturated rings. The molecule has 0 amide bonds. The smallest absolute Gasteiger partial charge is 0.137 e. The van der Waals surface area contributed by atoms with Gasteiger partial charge in [-0.25, -0.2) is 4.98 Å². The van der Waals surface area contributed by atoms with Crippen molar-refractivity contribution in [2.24, 2.45) is 5.73 Å². The summed E-state index contributed by atoms with van der Waals surface area (Å²) in [7, 11) is 0. The highest BCUT2D eigenvalue weighted by Crippen LogP contribution is 2.11. The Morgan fingerprint density at radius 1 is 1.44 bits per heavy atom. The van der Waals surface area contributed by atoms with Gasteiger partial charge in [-0.1, -0.05) is 6.07 Å². The van der Waals surface area contributed by atoms with Crippen molar-refractivity contribution in [2.45, 2.75) is 19.9 Å². The van der Waals surface area contributed by atoms with Crippen LogP contribution in [-0.2, 0) is 6.54 Å². The van der Waals surface area contributed by atoms with Crippen molar-refractivity contribution in [2.75, 3.05) is 13.1 Å². The Kier molecular flexibility index (Phi) is 3.54. The molecule has 16 heavy (non-hydrogen) atoms. The van der Waals surface area contributed by atoms with Crippen LogP contribution in [0.4, 0.5) is 0 Å². The van der Waals surface area contributed by atoms with Gasteiger partial charge >= 0.3 is 0 Å². The van der Waals surface area contributed by atoms with Crippen LogP contribution < -0.4 is 11.1 Å². The lowest BCUT2D eigenvalue weighted by Gasteiger charge is -2.04. The normalized spacial score (nSPS) is 11.1. The van der Waals surface area contributed by atoms with Gasteiger partial charge < -0.3 is 15.5 Å². The van der Waals surface area contributed by atoms with Crippen LogP contribution in [0.3, 0.4) is 0 Å². The van der Waals surface area contributed by atoms with E-state index in [0.29, 0.717) is 0 Å². The number of imidazole rings is 1. The Balaban J connectivity index is 2.13. The van der Waals surface area contributed by atoms with Gasteiger partial charge in [0.1, 0.15) is 5.65 Å². The summed E-state index contributed by atoms with van der Waals surface area (Å²) in [6.07, 6.45) is 3.06. The predicted molar refractivity (Wildman–Crippen MR) is 65.3 cm³/mol. The zero-order valence-corrected chi connectivity index (χ0v) is 9.61. The highest BCUT2D eigenvalue weighted by molar-refractivity contribution is 5.42. The SMILES string of the molecule is Cc1nc2ccccn2c1CNCCCN. The third kappa shape index (κ3) is 2.23. The quantitative estimate of drug-likeness (QED) is 0.738. The highest BCUT2D eigenvalue weighted by atomic mass is 15.0. The van der Waals surface area contributed by atoms with Gasteiger partial charge in [0.25, 0.3) is 0 Å². The molecule has 2 aromatic rings. The van der Waals surface area contributed by atoms with E-state index in [9.17, 15) is 0 Å². The zero-order valence-electron chi connectivity index (χ0n) is 9.61. The van der Waals surface area contributed by atoms with Crippen molar-refractivity contribution in [3.63, 3.8) is 0 Å². The van der Waals surface area contributed by atoms with E-state index >= 15 is 0 Å². The van der Waals surface area contributed by atoms with Crippen LogP contribution in [0.1, 0.15) is 17.8 Å². The van der Waals surface area contributed by atoms with E-state index in [4.69, 9.17) is 5.73 Å². The topological polar surface area (TPSA) is 55.3 Å². The van der Waals surface area contributed by atoms with E-state index in [2.05, 4.69) is 20.9 Å². The molecule has 3 N–H and O–H groups in total. The summed E-state index contributed by atoms with van der Waals surface area (Å²) < 4.78 is 2.13. The van der Waals surface area contributed by atoms with E-state index < -0.39 is 0 Å². The Labute approximate surface area is 95.5 Å². The Morgan fingerprint density at radius 3 is 3.12 bits per heavy atom. The van der Waals surface area contributed by atoms with Crippen LogP contribution in [0.15, 0.2) is 24.4 Å². The van der Waals surface area contributed by atoms with Crippen LogP contribution in [-0.4, -0.2) is 22.5 Å². The first kappa shape index (κ1) is 11.1. The minimum Gasteiger partial charge on any atom is -0.330 e. The molecule has 0 unspecified atom stereocenters. The van der Waals surface area contributed by atoms with E-state index in [1.165, 1.54) is 5.69 Å². The van der Waals surface area contributed by atoms with Gasteiger partial charge in [0, 0.05) is 12.7 Å². The molecule has 0 aliphatic carbocycles. The first-order chi connectivity index (χ1) is 7.83. The third-order valence-electron chi connectivity index (χ3n) is 2.68. The van der Waals surface area contributed by atoms with Crippen molar-refractivity contribution in [1.29, 1.82) is 0 Å². The lowest BCUT2D eigenvalue weighted by molar-refractivity contribution is 0.641. The van der Waals surface area contributed by atoms with Crippen molar-refractivity contribution in [3.05, 3.63) is 35.8 Å². The number of hydrogen-bond acceptors (Lipinski definition) is 3. The number of hydrogen-bond donors (Lipinski definition) is 2. The summed E-state index contributed by atoms with van der Waals surface area (Å²) in [6.45, 7) is 4.58. The van der Waals surface area contributed by atoms with Gasteiger partial charge in [0.2, 0.25) is 0 Å². The molecule has 0 aliphatic heterocycles. The van der Waals surface area contributed by atoms with Crippen LogP contribution in [0.5, 0.6) is 0 Å². The number of rotatable bonds is 5. The number of nitrogens with two attached hydrogens (primary N) is 1. The molecule has 0 atom stereocenters. The summed E-state index contributed by atoms with van der Waals surface area (Å²) in [4.78, 5) is 4.51. The van der Waals surface area contributed by atoms with E-state index in [0.717, 1.165) is 37.4 Å². The molecule has 0 spiro atoms. The molecule has 86 valence electrons. The Hall–Kier alpha value is -1.39. The molecule has 0 aliphatic rings. The number of aromatic nitrogens is 2. The molecular formula is C12H18N4. The monoisotopic (exact) mass is 218 g/mol. The van der Waals surface area contributed by atoms with Gasteiger partial charge in [-0.3, -0.25) is 0 Å². The fraction of sp³-hybridized carbons (Fsp3) is 0.417. The van der Waals surface area contributed by atoms with E-state index in [1.54, 1.807) is 0 Å². The molecule has 0 radical (unpaired) electrons. The lowest BCUT2D eigenvalue weighted by atomic mass is 10.3. The largest absolute Gasteiger partial charge is 0.330 e. The molecule has 0 aromatic carbocycles. The molecule has 2 heterocycles. The minimum atomic E-state index is 0.735. The van der Waals surface area contributed by atoms with Gasteiger partial charge in [-0.2, -0.15) is 0 Å². The standard InChI is InChI=1S/C12H18N4/c1-10-11(9-14-7-4-6-13)16-8-3-2-5-12(16)15-10/h2-3,5,8,14H,4,6-7,9,13H2,1H3. The maximum Gasteiger partial charge on any atom is 0.137 e.